The molecule has 8 nitrogen and oxygen atoms in total. The molecule has 0 aliphatic carbocycles. The van der Waals surface area contributed by atoms with Gasteiger partial charge in [0.25, 0.3) is 0 Å². The third-order valence-corrected chi connectivity index (χ3v) is 5.35. The third-order valence-electron chi connectivity index (χ3n) is 3.96. The summed E-state index contributed by atoms with van der Waals surface area (Å²) in [5, 5.41) is 2.60. The van der Waals surface area contributed by atoms with E-state index in [1.807, 2.05) is 0 Å². The van der Waals surface area contributed by atoms with Gasteiger partial charge in [0.2, 0.25) is 13.3 Å². The van der Waals surface area contributed by atoms with Crippen LogP contribution in [0.2, 0.25) is 0 Å². The maximum atomic E-state index is 12.3. The zero-order chi connectivity index (χ0) is 17.0. The van der Waals surface area contributed by atoms with E-state index >= 15 is 0 Å². The molecule has 5 atom stereocenters. The fraction of sp³-hybridized carbons (Fsp3) is 0.857. The summed E-state index contributed by atoms with van der Waals surface area (Å²) >= 11 is 0. The second kappa shape index (κ2) is 7.85. The van der Waals surface area contributed by atoms with Crippen LogP contribution >= 0.6 is 7.37 Å². The average Bonchev–Trinajstić information content (AvgIpc) is 3.09. The average molecular weight is 349 g/mol. The van der Waals surface area contributed by atoms with Crippen molar-refractivity contribution >= 4 is 19.6 Å². The minimum absolute atomic E-state index is 0.129. The number of nitrogens with one attached hydrogen (secondary N) is 1. The van der Waals surface area contributed by atoms with E-state index in [4.69, 9.17) is 19.0 Å². The van der Waals surface area contributed by atoms with E-state index in [-0.39, 0.29) is 37.3 Å². The second-order valence-electron chi connectivity index (χ2n) is 6.25. The summed E-state index contributed by atoms with van der Waals surface area (Å²) in [4.78, 5) is 33.0. The van der Waals surface area contributed by atoms with Gasteiger partial charge in [-0.05, 0) is 26.7 Å². The van der Waals surface area contributed by atoms with Crippen LogP contribution in [0.4, 0.5) is 0 Å². The molecule has 0 aromatic rings. The molecule has 9 heteroatoms. The van der Waals surface area contributed by atoms with Crippen LogP contribution in [0, 0.1) is 11.8 Å². The van der Waals surface area contributed by atoms with Gasteiger partial charge in [-0.15, -0.1) is 0 Å². The van der Waals surface area contributed by atoms with Gasteiger partial charge < -0.3 is 14.8 Å². The highest BCUT2D eigenvalue weighted by Gasteiger charge is 2.52. The normalized spacial score (nSPS) is 32.0. The molecule has 0 aromatic carbocycles. The monoisotopic (exact) mass is 349 g/mol. The Balaban J connectivity index is 1.77. The number of fused-ring (bicyclic) bond motifs is 2. The van der Waals surface area contributed by atoms with E-state index < -0.39 is 19.2 Å². The van der Waals surface area contributed by atoms with Gasteiger partial charge in [-0.1, -0.05) is 0 Å². The van der Waals surface area contributed by atoms with Crippen molar-refractivity contribution in [2.24, 2.45) is 11.8 Å². The Morgan fingerprint density at radius 3 is 2.74 bits per heavy atom. The summed E-state index contributed by atoms with van der Waals surface area (Å²) in [6.45, 7) is 4.69. The largest absolute Gasteiger partial charge is 0.373 e. The minimum Gasteiger partial charge on any atom is -0.373 e. The molecule has 0 saturated carbocycles. The molecule has 2 aliphatic heterocycles. The Labute approximate surface area is 135 Å². The SMILES string of the molecule is CC(C)OOCOP(C)(=O)CNC(=O)C1C2CCC(O2)C1C=O. The van der Waals surface area contributed by atoms with Gasteiger partial charge in [0.05, 0.1) is 36.4 Å². The lowest BCUT2D eigenvalue weighted by Gasteiger charge is -2.23. The molecule has 23 heavy (non-hydrogen) atoms. The van der Waals surface area contributed by atoms with Crippen molar-refractivity contribution < 1.29 is 33.2 Å². The molecule has 0 radical (unpaired) electrons. The maximum Gasteiger partial charge on any atom is 0.227 e. The highest BCUT2D eigenvalue weighted by atomic mass is 31.2. The van der Waals surface area contributed by atoms with E-state index in [1.54, 1.807) is 13.8 Å². The molecule has 132 valence electrons. The predicted molar refractivity (Wildman–Crippen MR) is 80.7 cm³/mol. The van der Waals surface area contributed by atoms with Crippen molar-refractivity contribution in [1.29, 1.82) is 0 Å². The third kappa shape index (κ3) is 4.84. The van der Waals surface area contributed by atoms with Crippen LogP contribution < -0.4 is 5.32 Å². The summed E-state index contributed by atoms with van der Waals surface area (Å²) in [5.41, 5.74) is 0. The lowest BCUT2D eigenvalue weighted by Crippen LogP contribution is -2.41. The lowest BCUT2D eigenvalue weighted by atomic mass is 9.79. The standard InChI is InChI=1S/C14H24NO7P/c1-9(2)22-19-8-20-23(3,18)7-15-14(17)13-10(6-16)11-4-5-12(13)21-11/h6,9-13H,4-5,7-8H2,1-3H3,(H,15,17). The number of carbonyl (C=O) groups is 2. The quantitative estimate of drug-likeness (QED) is 0.167. The summed E-state index contributed by atoms with van der Waals surface area (Å²) in [6.07, 6.45) is 1.71. The van der Waals surface area contributed by atoms with Crippen LogP contribution in [0.3, 0.4) is 0 Å². The smallest absolute Gasteiger partial charge is 0.227 e. The van der Waals surface area contributed by atoms with Crippen molar-refractivity contribution in [2.75, 3.05) is 19.7 Å². The van der Waals surface area contributed by atoms with Crippen molar-refractivity contribution in [2.45, 2.75) is 45.0 Å². The number of rotatable bonds is 9. The lowest BCUT2D eigenvalue weighted by molar-refractivity contribution is -0.342. The fourth-order valence-corrected chi connectivity index (χ4v) is 3.71. The topological polar surface area (TPSA) is 100 Å². The van der Waals surface area contributed by atoms with Gasteiger partial charge in [-0.25, -0.2) is 9.78 Å². The molecule has 2 heterocycles. The van der Waals surface area contributed by atoms with Crippen LogP contribution in [0.25, 0.3) is 0 Å². The van der Waals surface area contributed by atoms with Crippen LogP contribution in [0.1, 0.15) is 26.7 Å². The van der Waals surface area contributed by atoms with Gasteiger partial charge in [0.15, 0.2) is 6.79 Å². The first-order valence-corrected chi connectivity index (χ1v) is 9.97. The molecule has 2 bridgehead atoms. The highest BCUT2D eigenvalue weighted by Crippen LogP contribution is 2.44. The highest BCUT2D eigenvalue weighted by molar-refractivity contribution is 7.58. The second-order valence-corrected chi connectivity index (χ2v) is 8.86. The molecule has 2 rings (SSSR count). The van der Waals surface area contributed by atoms with Crippen LogP contribution in [0.15, 0.2) is 0 Å². The fourth-order valence-electron chi connectivity index (χ4n) is 2.91. The summed E-state index contributed by atoms with van der Waals surface area (Å²) in [5.74, 6) is -1.25. The van der Waals surface area contributed by atoms with Crippen molar-refractivity contribution in [3.63, 3.8) is 0 Å². The number of carbonyl (C=O) groups excluding carboxylic acids is 2. The molecule has 0 spiro atoms. The zero-order valence-corrected chi connectivity index (χ0v) is 14.5. The van der Waals surface area contributed by atoms with Crippen LogP contribution in [0.5, 0.6) is 0 Å². The summed E-state index contributed by atoms with van der Waals surface area (Å²) in [6, 6.07) is 0. The van der Waals surface area contributed by atoms with Crippen molar-refractivity contribution in [3.05, 3.63) is 0 Å². The van der Waals surface area contributed by atoms with E-state index in [0.717, 1.165) is 19.1 Å². The van der Waals surface area contributed by atoms with Crippen LogP contribution in [-0.2, 0) is 33.2 Å². The first kappa shape index (κ1) is 18.5. The summed E-state index contributed by atoms with van der Waals surface area (Å²) in [7, 11) is -3.06. The maximum absolute atomic E-state index is 12.3. The Kier molecular flexibility index (Phi) is 6.33. The van der Waals surface area contributed by atoms with E-state index in [1.165, 1.54) is 6.66 Å². The minimum atomic E-state index is -3.06. The first-order chi connectivity index (χ1) is 10.8. The molecule has 2 saturated heterocycles. The number of aldehydes is 1. The molecule has 1 amide bonds. The molecule has 2 aliphatic rings. The Morgan fingerprint density at radius 2 is 2.09 bits per heavy atom. The molecule has 0 aromatic heterocycles. The number of hydrogen-bond donors (Lipinski definition) is 1. The molecular formula is C14H24NO7P. The first-order valence-electron chi connectivity index (χ1n) is 7.72. The number of ether oxygens (including phenoxy) is 1. The Morgan fingerprint density at radius 1 is 1.39 bits per heavy atom. The summed E-state index contributed by atoms with van der Waals surface area (Å²) < 4.78 is 22.9. The van der Waals surface area contributed by atoms with E-state index in [0.29, 0.717) is 0 Å². The van der Waals surface area contributed by atoms with Gasteiger partial charge in [-0.3, -0.25) is 13.9 Å². The van der Waals surface area contributed by atoms with E-state index in [9.17, 15) is 14.2 Å². The number of amides is 1. The van der Waals surface area contributed by atoms with Crippen molar-refractivity contribution in [1.82, 2.24) is 5.32 Å². The molecular weight excluding hydrogens is 325 g/mol. The van der Waals surface area contributed by atoms with Gasteiger partial charge in [0.1, 0.15) is 6.29 Å². The van der Waals surface area contributed by atoms with Gasteiger partial charge in [-0.2, -0.15) is 0 Å². The molecule has 5 unspecified atom stereocenters. The Bertz CT molecular complexity index is 484. The van der Waals surface area contributed by atoms with Crippen LogP contribution in [-0.4, -0.2) is 50.2 Å². The predicted octanol–water partition coefficient (Wildman–Crippen LogP) is 1.29. The van der Waals surface area contributed by atoms with Gasteiger partial charge in [0, 0.05) is 6.66 Å². The van der Waals surface area contributed by atoms with Gasteiger partial charge >= 0.3 is 0 Å². The zero-order valence-electron chi connectivity index (χ0n) is 13.6. The molecule has 2 fully saturated rings. The number of hydrogen-bond acceptors (Lipinski definition) is 7. The Hall–Kier alpha value is -0.790. The van der Waals surface area contributed by atoms with E-state index in [2.05, 4.69) is 5.32 Å². The molecule has 1 N–H and O–H groups in total. The van der Waals surface area contributed by atoms with Crippen molar-refractivity contribution in [3.8, 4) is 0 Å².